The van der Waals surface area contributed by atoms with E-state index in [-0.39, 0.29) is 30.4 Å². The van der Waals surface area contributed by atoms with Gasteiger partial charge in [0.1, 0.15) is 11.6 Å². The number of carbonyl (C=O) groups is 1. The Kier molecular flexibility index (Phi) is 5.27. The molecule has 3 N–H and O–H groups in total. The number of hydrogen-bond donors (Lipinski definition) is 3. The molecule has 0 saturated heterocycles. The Balaban J connectivity index is 1.79. The minimum absolute atomic E-state index is 0.0552. The highest BCUT2D eigenvalue weighted by Crippen LogP contribution is 2.22. The van der Waals surface area contributed by atoms with Gasteiger partial charge in [-0.15, -0.1) is 0 Å². The van der Waals surface area contributed by atoms with E-state index in [0.717, 1.165) is 18.5 Å². The highest BCUT2D eigenvalue weighted by molar-refractivity contribution is 5.78. The molecule has 8 heteroatoms. The van der Waals surface area contributed by atoms with Crippen LogP contribution in [0.15, 0.2) is 29.1 Å². The van der Waals surface area contributed by atoms with Gasteiger partial charge in [0, 0.05) is 13.1 Å². The van der Waals surface area contributed by atoms with Gasteiger partial charge in [0.2, 0.25) is 11.7 Å². The van der Waals surface area contributed by atoms with Crippen molar-refractivity contribution in [3.8, 4) is 5.75 Å². The third-order valence-electron chi connectivity index (χ3n) is 4.63. The molecule has 0 aliphatic carbocycles. The maximum absolute atomic E-state index is 12.9. The van der Waals surface area contributed by atoms with Crippen LogP contribution in [-0.4, -0.2) is 27.1 Å². The van der Waals surface area contributed by atoms with E-state index in [9.17, 15) is 19.1 Å². The second-order valence-corrected chi connectivity index (χ2v) is 7.17. The second kappa shape index (κ2) is 7.48. The maximum atomic E-state index is 12.9. The lowest BCUT2D eigenvalue weighted by Gasteiger charge is -2.26. The van der Waals surface area contributed by atoms with E-state index in [1.807, 2.05) is 13.8 Å². The van der Waals surface area contributed by atoms with E-state index >= 15 is 0 Å². The smallest absolute Gasteiger partial charge is 0.296 e. The fraction of sp³-hybridized carbons (Fsp3) is 0.421. The number of amides is 1. The van der Waals surface area contributed by atoms with E-state index in [1.165, 1.54) is 16.7 Å². The van der Waals surface area contributed by atoms with Crippen LogP contribution >= 0.6 is 0 Å². The van der Waals surface area contributed by atoms with E-state index in [2.05, 4.69) is 15.6 Å². The average molecular weight is 374 g/mol. The number of aromatic nitrogens is 2. The van der Waals surface area contributed by atoms with Crippen molar-refractivity contribution in [2.45, 2.75) is 45.3 Å². The van der Waals surface area contributed by atoms with Crippen molar-refractivity contribution >= 4 is 5.91 Å². The lowest BCUT2D eigenvalue weighted by molar-refractivity contribution is -0.120. The number of carbonyl (C=O) groups excluding carboxylic acids is 1. The molecule has 1 aromatic heterocycles. The lowest BCUT2D eigenvalue weighted by Crippen LogP contribution is -2.41. The molecule has 0 fully saturated rings. The number of hydrogen-bond acceptors (Lipinski definition) is 5. The summed E-state index contributed by atoms with van der Waals surface area (Å²) in [6.45, 7) is 5.22. The normalized spacial score (nSPS) is 15.7. The molecule has 0 radical (unpaired) electrons. The molecule has 1 amide bonds. The number of nitrogens with zero attached hydrogens (tertiary/aromatic N) is 2. The van der Waals surface area contributed by atoms with Gasteiger partial charge < -0.3 is 15.7 Å². The van der Waals surface area contributed by atoms with Crippen molar-refractivity contribution in [1.29, 1.82) is 0 Å². The van der Waals surface area contributed by atoms with Crippen LogP contribution in [0, 0.1) is 5.82 Å². The number of benzene rings is 1. The molecule has 27 heavy (non-hydrogen) atoms. The SMILES string of the molecule is CC1(C)NCCCn2c1nc(CC(=O)NCc1ccc(F)cc1)c(O)c2=O. The quantitative estimate of drug-likeness (QED) is 0.747. The summed E-state index contributed by atoms with van der Waals surface area (Å²) in [6.07, 6.45) is 0.529. The molecular formula is C19H23FN4O3. The monoisotopic (exact) mass is 374 g/mol. The Morgan fingerprint density at radius 2 is 2.07 bits per heavy atom. The molecule has 1 aliphatic rings. The van der Waals surface area contributed by atoms with E-state index in [4.69, 9.17) is 0 Å². The minimum Gasteiger partial charge on any atom is -0.502 e. The Bertz CT molecular complexity index is 906. The van der Waals surface area contributed by atoms with E-state index in [0.29, 0.717) is 12.4 Å². The highest BCUT2D eigenvalue weighted by Gasteiger charge is 2.30. The van der Waals surface area contributed by atoms with Crippen molar-refractivity contribution in [1.82, 2.24) is 20.2 Å². The zero-order valence-electron chi connectivity index (χ0n) is 15.4. The van der Waals surface area contributed by atoms with Gasteiger partial charge in [-0.25, -0.2) is 9.37 Å². The number of rotatable bonds is 4. The number of halogens is 1. The molecule has 1 aliphatic heterocycles. The second-order valence-electron chi connectivity index (χ2n) is 7.17. The Hall–Kier alpha value is -2.74. The van der Waals surface area contributed by atoms with E-state index in [1.54, 1.807) is 12.1 Å². The summed E-state index contributed by atoms with van der Waals surface area (Å²) in [4.78, 5) is 29.2. The van der Waals surface area contributed by atoms with Crippen molar-refractivity contribution in [2.24, 2.45) is 0 Å². The van der Waals surface area contributed by atoms with Gasteiger partial charge >= 0.3 is 0 Å². The van der Waals surface area contributed by atoms with Gasteiger partial charge in [-0.2, -0.15) is 0 Å². The van der Waals surface area contributed by atoms with Crippen molar-refractivity contribution in [2.75, 3.05) is 6.54 Å². The van der Waals surface area contributed by atoms with Gasteiger partial charge in [0.15, 0.2) is 0 Å². The molecule has 0 bridgehead atoms. The van der Waals surface area contributed by atoms with Crippen LogP contribution in [0.5, 0.6) is 5.75 Å². The van der Waals surface area contributed by atoms with E-state index < -0.39 is 16.8 Å². The zero-order valence-corrected chi connectivity index (χ0v) is 15.4. The zero-order chi connectivity index (χ0) is 19.6. The topological polar surface area (TPSA) is 96.2 Å². The first-order valence-corrected chi connectivity index (χ1v) is 8.87. The predicted molar refractivity (Wildman–Crippen MR) is 97.8 cm³/mol. The van der Waals surface area contributed by atoms with Crippen LogP contribution < -0.4 is 16.2 Å². The summed E-state index contributed by atoms with van der Waals surface area (Å²) in [5.41, 5.74) is -0.283. The summed E-state index contributed by atoms with van der Waals surface area (Å²) in [5.74, 6) is -0.718. The number of nitrogens with one attached hydrogen (secondary N) is 2. The fourth-order valence-corrected chi connectivity index (χ4v) is 3.13. The molecule has 2 aromatic rings. The summed E-state index contributed by atoms with van der Waals surface area (Å²) < 4.78 is 14.4. The van der Waals surface area contributed by atoms with Gasteiger partial charge in [-0.1, -0.05) is 12.1 Å². The third-order valence-corrected chi connectivity index (χ3v) is 4.63. The van der Waals surface area contributed by atoms with Gasteiger partial charge in [-0.05, 0) is 44.5 Å². The maximum Gasteiger partial charge on any atom is 0.296 e. The van der Waals surface area contributed by atoms with Crippen LogP contribution in [0.25, 0.3) is 0 Å². The predicted octanol–water partition coefficient (Wildman–Crippen LogP) is 1.18. The van der Waals surface area contributed by atoms with Crippen molar-refractivity contribution in [3.63, 3.8) is 0 Å². The molecular weight excluding hydrogens is 351 g/mol. The summed E-state index contributed by atoms with van der Waals surface area (Å²) in [7, 11) is 0. The van der Waals surface area contributed by atoms with Crippen LogP contribution in [0.3, 0.4) is 0 Å². The largest absolute Gasteiger partial charge is 0.502 e. The van der Waals surface area contributed by atoms with Crippen LogP contribution in [0.1, 0.15) is 37.4 Å². The van der Waals surface area contributed by atoms with Gasteiger partial charge in [0.05, 0.1) is 17.7 Å². The van der Waals surface area contributed by atoms with Crippen molar-refractivity contribution < 1.29 is 14.3 Å². The molecule has 3 rings (SSSR count). The first-order chi connectivity index (χ1) is 12.8. The minimum atomic E-state index is -0.553. The molecule has 2 heterocycles. The first kappa shape index (κ1) is 19.0. The van der Waals surface area contributed by atoms with Gasteiger partial charge in [0.25, 0.3) is 5.56 Å². The fourth-order valence-electron chi connectivity index (χ4n) is 3.13. The molecule has 0 unspecified atom stereocenters. The third kappa shape index (κ3) is 4.16. The summed E-state index contributed by atoms with van der Waals surface area (Å²) in [5, 5.41) is 16.3. The average Bonchev–Trinajstić information content (AvgIpc) is 2.77. The Morgan fingerprint density at radius 1 is 1.37 bits per heavy atom. The lowest BCUT2D eigenvalue weighted by atomic mass is 10.0. The molecule has 7 nitrogen and oxygen atoms in total. The standard InChI is InChI=1S/C19H23FN4O3/c1-19(2)18-23-14(16(26)17(27)24(18)9-3-8-22-19)10-15(25)21-11-12-4-6-13(20)7-5-12/h4-7,22,26H,3,8-11H2,1-2H3,(H,21,25). The molecule has 0 atom stereocenters. The number of aromatic hydroxyl groups is 1. The van der Waals surface area contributed by atoms with Gasteiger partial charge in [-0.3, -0.25) is 14.2 Å². The molecule has 0 saturated carbocycles. The Labute approximate surface area is 156 Å². The summed E-state index contributed by atoms with van der Waals surface area (Å²) >= 11 is 0. The summed E-state index contributed by atoms with van der Waals surface area (Å²) in [6, 6.07) is 5.79. The van der Waals surface area contributed by atoms with Crippen LogP contribution in [-0.2, 0) is 29.8 Å². The number of fused-ring (bicyclic) bond motifs is 1. The Morgan fingerprint density at radius 3 is 2.78 bits per heavy atom. The highest BCUT2D eigenvalue weighted by atomic mass is 19.1. The van der Waals surface area contributed by atoms with Crippen LogP contribution in [0.2, 0.25) is 0 Å². The molecule has 0 spiro atoms. The van der Waals surface area contributed by atoms with Crippen LogP contribution in [0.4, 0.5) is 4.39 Å². The molecule has 144 valence electrons. The molecule has 1 aromatic carbocycles. The van der Waals surface area contributed by atoms with Crippen molar-refractivity contribution in [3.05, 3.63) is 57.5 Å². The first-order valence-electron chi connectivity index (χ1n) is 8.87.